The van der Waals surface area contributed by atoms with E-state index >= 15 is 0 Å². The lowest BCUT2D eigenvalue weighted by Gasteiger charge is -2.13. The Balaban J connectivity index is 1.24. The van der Waals surface area contributed by atoms with Crippen LogP contribution in [0, 0.1) is 0 Å². The number of hydrogen-bond donors (Lipinski definition) is 0. The third-order valence-electron chi connectivity index (χ3n) is 5.21. The molecule has 0 N–H and O–H groups in total. The van der Waals surface area contributed by atoms with Crippen LogP contribution in [0.5, 0.6) is 0 Å². The van der Waals surface area contributed by atoms with E-state index in [9.17, 15) is 14.4 Å². The number of amides is 2. The van der Waals surface area contributed by atoms with Gasteiger partial charge in [0.15, 0.2) is 6.61 Å². The Morgan fingerprint density at radius 3 is 2.61 bits per heavy atom. The lowest BCUT2D eigenvalue weighted by Crippen LogP contribution is -2.31. The zero-order valence-electron chi connectivity index (χ0n) is 17.3. The van der Waals surface area contributed by atoms with Crippen molar-refractivity contribution in [3.63, 3.8) is 0 Å². The molecule has 3 heterocycles. The number of hydrogen-bond acceptors (Lipinski definition) is 8. The molecule has 2 aromatic heterocycles. The molecule has 1 aliphatic rings. The zero-order valence-corrected chi connectivity index (χ0v) is 18.1. The number of nitrogens with zero attached hydrogens (tertiary/aromatic N) is 3. The largest absolute Gasteiger partial charge is 0.452 e. The molecule has 4 aromatic rings. The van der Waals surface area contributed by atoms with Gasteiger partial charge in [0, 0.05) is 6.54 Å². The third-order valence-corrected chi connectivity index (χ3v) is 6.08. The van der Waals surface area contributed by atoms with E-state index in [0.29, 0.717) is 12.2 Å². The van der Waals surface area contributed by atoms with E-state index in [1.807, 2.05) is 47.8 Å². The molecule has 0 bridgehead atoms. The molecule has 0 aliphatic carbocycles. The van der Waals surface area contributed by atoms with Crippen molar-refractivity contribution in [2.24, 2.45) is 0 Å². The standard InChI is InChI=1S/C24H17N3O5S/c28-22-17-9-8-16(13-18(17)23(29)27(22)11-10-15-5-2-1-3-6-15)24(30)31-14-20-25-21(26-32-20)19-7-4-12-33-19/h1-9,12-13H,10-11,14H2. The van der Waals surface area contributed by atoms with Crippen LogP contribution >= 0.6 is 11.3 Å². The molecular weight excluding hydrogens is 442 g/mol. The molecule has 8 nitrogen and oxygen atoms in total. The Hall–Kier alpha value is -4.11. The molecule has 0 saturated heterocycles. The van der Waals surface area contributed by atoms with Gasteiger partial charge in [-0.05, 0) is 41.6 Å². The van der Waals surface area contributed by atoms with E-state index in [1.54, 1.807) is 0 Å². The Labute approximate surface area is 192 Å². The van der Waals surface area contributed by atoms with Crippen molar-refractivity contribution < 1.29 is 23.6 Å². The predicted octanol–water partition coefficient (Wildman–Crippen LogP) is 3.99. The average molecular weight is 459 g/mol. The normalized spacial score (nSPS) is 12.8. The van der Waals surface area contributed by atoms with Gasteiger partial charge in [0.1, 0.15) is 0 Å². The highest BCUT2D eigenvalue weighted by molar-refractivity contribution is 7.13. The molecule has 9 heteroatoms. The van der Waals surface area contributed by atoms with Crippen LogP contribution in [0.25, 0.3) is 10.7 Å². The van der Waals surface area contributed by atoms with Crippen molar-refractivity contribution in [2.45, 2.75) is 13.0 Å². The third kappa shape index (κ3) is 4.18. The van der Waals surface area contributed by atoms with Crippen molar-refractivity contribution in [3.8, 4) is 10.7 Å². The molecule has 2 aromatic carbocycles. The fourth-order valence-electron chi connectivity index (χ4n) is 3.54. The predicted molar refractivity (Wildman–Crippen MR) is 119 cm³/mol. The minimum atomic E-state index is -0.656. The Morgan fingerprint density at radius 1 is 1.00 bits per heavy atom. The maximum atomic E-state index is 12.8. The number of aromatic nitrogens is 2. The molecule has 0 spiro atoms. The summed E-state index contributed by atoms with van der Waals surface area (Å²) in [4.78, 5) is 44.3. The van der Waals surface area contributed by atoms with Crippen LogP contribution in [0.3, 0.4) is 0 Å². The summed E-state index contributed by atoms with van der Waals surface area (Å²) in [7, 11) is 0. The number of thiophene rings is 1. The smallest absolute Gasteiger partial charge is 0.338 e. The minimum absolute atomic E-state index is 0.159. The summed E-state index contributed by atoms with van der Waals surface area (Å²) in [6.07, 6.45) is 0.554. The maximum absolute atomic E-state index is 12.8. The van der Waals surface area contributed by atoms with E-state index in [0.717, 1.165) is 10.4 Å². The first-order chi connectivity index (χ1) is 16.1. The van der Waals surface area contributed by atoms with E-state index in [1.165, 1.54) is 34.4 Å². The first kappa shape index (κ1) is 20.8. The van der Waals surface area contributed by atoms with Crippen molar-refractivity contribution in [1.29, 1.82) is 0 Å². The number of esters is 1. The second-order valence-corrected chi connectivity index (χ2v) is 8.27. The highest BCUT2D eigenvalue weighted by Crippen LogP contribution is 2.25. The van der Waals surface area contributed by atoms with Gasteiger partial charge in [-0.2, -0.15) is 4.98 Å². The van der Waals surface area contributed by atoms with Gasteiger partial charge >= 0.3 is 5.97 Å². The topological polar surface area (TPSA) is 103 Å². The quantitative estimate of drug-likeness (QED) is 0.304. The van der Waals surface area contributed by atoms with Crippen LogP contribution in [-0.2, 0) is 17.8 Å². The number of imide groups is 1. The van der Waals surface area contributed by atoms with Crippen molar-refractivity contribution in [1.82, 2.24) is 15.0 Å². The monoisotopic (exact) mass is 459 g/mol. The Bertz CT molecular complexity index is 1330. The van der Waals surface area contributed by atoms with Crippen molar-refractivity contribution in [2.75, 3.05) is 6.54 Å². The van der Waals surface area contributed by atoms with E-state index in [2.05, 4.69) is 10.1 Å². The summed E-state index contributed by atoms with van der Waals surface area (Å²) in [6, 6.07) is 17.7. The van der Waals surface area contributed by atoms with Gasteiger partial charge in [-0.1, -0.05) is 41.6 Å². The van der Waals surface area contributed by atoms with Gasteiger partial charge in [-0.3, -0.25) is 14.5 Å². The molecular formula is C24H17N3O5S. The summed E-state index contributed by atoms with van der Waals surface area (Å²) in [6.45, 7) is 0.0598. The first-order valence-corrected chi connectivity index (χ1v) is 11.1. The number of benzene rings is 2. The van der Waals surface area contributed by atoms with Gasteiger partial charge < -0.3 is 9.26 Å². The molecule has 33 heavy (non-hydrogen) atoms. The lowest BCUT2D eigenvalue weighted by atomic mass is 10.1. The van der Waals surface area contributed by atoms with Crippen LogP contribution in [-0.4, -0.2) is 39.4 Å². The number of carbonyl (C=O) groups is 3. The lowest BCUT2D eigenvalue weighted by molar-refractivity contribution is 0.0429. The molecule has 0 unspecified atom stereocenters. The molecule has 1 aliphatic heterocycles. The number of fused-ring (bicyclic) bond motifs is 1. The first-order valence-electron chi connectivity index (χ1n) is 10.2. The molecule has 5 rings (SSSR count). The van der Waals surface area contributed by atoms with Gasteiger partial charge in [0.25, 0.3) is 17.7 Å². The fourth-order valence-corrected chi connectivity index (χ4v) is 4.19. The molecule has 0 radical (unpaired) electrons. The van der Waals surface area contributed by atoms with Crippen LogP contribution in [0.1, 0.15) is 42.5 Å². The van der Waals surface area contributed by atoms with Crippen LogP contribution in [0.2, 0.25) is 0 Å². The highest BCUT2D eigenvalue weighted by atomic mass is 32.1. The van der Waals surface area contributed by atoms with Gasteiger partial charge in [-0.15, -0.1) is 11.3 Å². The summed E-state index contributed by atoms with van der Waals surface area (Å²) in [5.41, 5.74) is 1.67. The van der Waals surface area contributed by atoms with Crippen LogP contribution < -0.4 is 0 Å². The Kier molecular flexibility index (Phi) is 5.54. The highest BCUT2D eigenvalue weighted by Gasteiger charge is 2.35. The maximum Gasteiger partial charge on any atom is 0.338 e. The molecule has 0 atom stereocenters. The number of ether oxygens (including phenoxy) is 1. The molecule has 164 valence electrons. The summed E-state index contributed by atoms with van der Waals surface area (Å²) in [5.74, 6) is -0.855. The summed E-state index contributed by atoms with van der Waals surface area (Å²) in [5, 5.41) is 5.76. The molecule has 2 amide bonds. The van der Waals surface area contributed by atoms with Gasteiger partial charge in [0.2, 0.25) is 5.82 Å². The summed E-state index contributed by atoms with van der Waals surface area (Å²) >= 11 is 1.47. The van der Waals surface area contributed by atoms with E-state index in [-0.39, 0.29) is 41.6 Å². The Morgan fingerprint density at radius 2 is 1.82 bits per heavy atom. The van der Waals surface area contributed by atoms with Crippen molar-refractivity contribution >= 4 is 29.1 Å². The fraction of sp³-hybridized carbons (Fsp3) is 0.125. The van der Waals surface area contributed by atoms with Gasteiger partial charge in [0.05, 0.1) is 21.6 Å². The minimum Gasteiger partial charge on any atom is -0.452 e. The van der Waals surface area contributed by atoms with Gasteiger partial charge in [-0.25, -0.2) is 4.79 Å². The summed E-state index contributed by atoms with van der Waals surface area (Å²) < 4.78 is 10.4. The zero-order chi connectivity index (χ0) is 22.8. The second-order valence-electron chi connectivity index (χ2n) is 7.32. The molecule has 0 saturated carbocycles. The number of carbonyl (C=O) groups excluding carboxylic acids is 3. The average Bonchev–Trinajstić information content (AvgIpc) is 3.58. The second kappa shape index (κ2) is 8.79. The van der Waals surface area contributed by atoms with E-state index in [4.69, 9.17) is 9.26 Å². The van der Waals surface area contributed by atoms with Crippen LogP contribution in [0.15, 0.2) is 70.6 Å². The van der Waals surface area contributed by atoms with Crippen LogP contribution in [0.4, 0.5) is 0 Å². The van der Waals surface area contributed by atoms with Crippen molar-refractivity contribution in [3.05, 3.63) is 94.2 Å². The number of rotatable bonds is 7. The molecule has 0 fully saturated rings. The van der Waals surface area contributed by atoms with E-state index < -0.39 is 11.9 Å². The SMILES string of the molecule is O=C(OCc1nc(-c2cccs2)no1)c1ccc2c(c1)C(=O)N(CCc1ccccc1)C2=O.